The van der Waals surface area contributed by atoms with Crippen molar-refractivity contribution in [3.05, 3.63) is 30.0 Å². The van der Waals surface area contributed by atoms with Gasteiger partial charge in [-0.25, -0.2) is 0 Å². The minimum atomic E-state index is -4.79. The number of H-pyrrole nitrogens is 1. The first-order chi connectivity index (χ1) is 11.1. The standard InChI is InChI=1S/C15H15F3N2O4/c1-8(4-13(21)22)7-19-14(23)12-5-9-2-3-10(6-11(9)20-12)24-15(16,17)18/h2-3,5-6,8,20H,4,7H2,1H3,(H,19,23)(H,21,22). The van der Waals surface area contributed by atoms with Crippen LogP contribution in [0.5, 0.6) is 5.75 Å². The Bertz CT molecular complexity index is 755. The average molecular weight is 344 g/mol. The monoisotopic (exact) mass is 344 g/mol. The van der Waals surface area contributed by atoms with E-state index in [0.29, 0.717) is 10.9 Å². The lowest BCUT2D eigenvalue weighted by Gasteiger charge is -2.09. The van der Waals surface area contributed by atoms with Crippen LogP contribution < -0.4 is 10.1 Å². The molecule has 1 aromatic heterocycles. The summed E-state index contributed by atoms with van der Waals surface area (Å²) in [5.41, 5.74) is 0.483. The summed E-state index contributed by atoms with van der Waals surface area (Å²) in [6, 6.07) is 5.19. The number of aromatic nitrogens is 1. The second-order valence-corrected chi connectivity index (χ2v) is 5.39. The highest BCUT2D eigenvalue weighted by Gasteiger charge is 2.31. The van der Waals surface area contributed by atoms with Crippen LogP contribution in [0.25, 0.3) is 10.9 Å². The molecule has 0 spiro atoms. The summed E-state index contributed by atoms with van der Waals surface area (Å²) in [5, 5.41) is 11.8. The van der Waals surface area contributed by atoms with E-state index in [0.717, 1.165) is 12.1 Å². The molecular formula is C15H15F3N2O4. The zero-order valence-corrected chi connectivity index (χ0v) is 12.6. The highest BCUT2D eigenvalue weighted by atomic mass is 19.4. The minimum absolute atomic E-state index is 0.0783. The van der Waals surface area contributed by atoms with Crippen molar-refractivity contribution < 1.29 is 32.6 Å². The molecule has 0 saturated carbocycles. The van der Waals surface area contributed by atoms with Gasteiger partial charge in [0.2, 0.25) is 0 Å². The SMILES string of the molecule is CC(CNC(=O)c1cc2ccc(OC(F)(F)F)cc2[nH]1)CC(=O)O. The molecule has 0 aliphatic heterocycles. The zero-order valence-electron chi connectivity index (χ0n) is 12.6. The van der Waals surface area contributed by atoms with E-state index in [2.05, 4.69) is 15.0 Å². The van der Waals surface area contributed by atoms with Crippen molar-refractivity contribution >= 4 is 22.8 Å². The van der Waals surface area contributed by atoms with E-state index in [1.807, 2.05) is 0 Å². The number of fused-ring (bicyclic) bond motifs is 1. The van der Waals surface area contributed by atoms with Gasteiger partial charge in [0.1, 0.15) is 11.4 Å². The maximum atomic E-state index is 12.2. The van der Waals surface area contributed by atoms with Gasteiger partial charge in [-0.1, -0.05) is 6.92 Å². The number of carboxylic acid groups (broad SMARTS) is 1. The van der Waals surface area contributed by atoms with Crippen LogP contribution in [0.4, 0.5) is 13.2 Å². The van der Waals surface area contributed by atoms with Gasteiger partial charge in [-0.2, -0.15) is 0 Å². The smallest absolute Gasteiger partial charge is 0.481 e. The minimum Gasteiger partial charge on any atom is -0.481 e. The van der Waals surface area contributed by atoms with Crippen LogP contribution in [0.15, 0.2) is 24.3 Å². The number of nitrogens with one attached hydrogen (secondary N) is 2. The predicted molar refractivity (Wildman–Crippen MR) is 78.7 cm³/mol. The second kappa shape index (κ2) is 6.81. The maximum absolute atomic E-state index is 12.2. The third-order valence-corrected chi connectivity index (χ3v) is 3.21. The molecule has 1 atom stereocenters. The molecule has 1 amide bonds. The number of carbonyl (C=O) groups excluding carboxylic acids is 1. The Balaban J connectivity index is 2.07. The molecule has 24 heavy (non-hydrogen) atoms. The summed E-state index contributed by atoms with van der Waals surface area (Å²) in [7, 11) is 0. The number of hydrogen-bond acceptors (Lipinski definition) is 3. The topological polar surface area (TPSA) is 91.4 Å². The van der Waals surface area contributed by atoms with Crippen molar-refractivity contribution in [2.45, 2.75) is 19.7 Å². The zero-order chi connectivity index (χ0) is 17.9. The van der Waals surface area contributed by atoms with Crippen molar-refractivity contribution in [3.8, 4) is 5.75 Å². The molecule has 0 fully saturated rings. The number of carbonyl (C=O) groups is 2. The van der Waals surface area contributed by atoms with Crippen molar-refractivity contribution in [1.82, 2.24) is 10.3 Å². The molecule has 1 heterocycles. The van der Waals surface area contributed by atoms with Crippen LogP contribution in [0, 0.1) is 5.92 Å². The first-order valence-electron chi connectivity index (χ1n) is 7.02. The van der Waals surface area contributed by atoms with Crippen LogP contribution in [0.1, 0.15) is 23.8 Å². The molecule has 3 N–H and O–H groups in total. The molecule has 1 aromatic carbocycles. The van der Waals surface area contributed by atoms with Crippen LogP contribution in [-0.4, -0.2) is 34.9 Å². The largest absolute Gasteiger partial charge is 0.573 e. The van der Waals surface area contributed by atoms with Crippen LogP contribution in [0.3, 0.4) is 0 Å². The lowest BCUT2D eigenvalue weighted by molar-refractivity contribution is -0.274. The van der Waals surface area contributed by atoms with Crippen LogP contribution in [0.2, 0.25) is 0 Å². The Kier molecular flexibility index (Phi) is 5.01. The molecule has 0 radical (unpaired) electrons. The first-order valence-corrected chi connectivity index (χ1v) is 7.02. The van der Waals surface area contributed by atoms with Gasteiger partial charge in [0.15, 0.2) is 0 Å². The Labute approximate surface area is 134 Å². The number of benzene rings is 1. The Morgan fingerprint density at radius 2 is 2.04 bits per heavy atom. The molecule has 0 aliphatic rings. The number of ether oxygens (including phenoxy) is 1. The predicted octanol–water partition coefficient (Wildman–Crippen LogP) is 2.91. The number of hydrogen-bond donors (Lipinski definition) is 3. The number of aromatic amines is 1. The molecule has 2 rings (SSSR count). The third kappa shape index (κ3) is 4.90. The molecule has 9 heteroatoms. The number of aliphatic carboxylic acids is 1. The summed E-state index contributed by atoms with van der Waals surface area (Å²) in [5.74, 6) is -2.07. The van der Waals surface area contributed by atoms with Gasteiger partial charge in [0, 0.05) is 29.9 Å². The van der Waals surface area contributed by atoms with Crippen molar-refractivity contribution in [3.63, 3.8) is 0 Å². The maximum Gasteiger partial charge on any atom is 0.573 e. The number of alkyl halides is 3. The molecule has 0 saturated heterocycles. The fraction of sp³-hybridized carbons (Fsp3) is 0.333. The van der Waals surface area contributed by atoms with Gasteiger partial charge in [0.05, 0.1) is 0 Å². The molecular weight excluding hydrogens is 329 g/mol. The Morgan fingerprint density at radius 3 is 2.67 bits per heavy atom. The Morgan fingerprint density at radius 1 is 1.33 bits per heavy atom. The fourth-order valence-electron chi connectivity index (χ4n) is 2.16. The normalized spacial score (nSPS) is 12.8. The number of amides is 1. The Hall–Kier alpha value is -2.71. The van der Waals surface area contributed by atoms with Gasteiger partial charge in [-0.15, -0.1) is 13.2 Å². The third-order valence-electron chi connectivity index (χ3n) is 3.21. The number of halogens is 3. The lowest BCUT2D eigenvalue weighted by atomic mass is 10.1. The molecule has 130 valence electrons. The fourth-order valence-corrected chi connectivity index (χ4v) is 2.16. The highest BCUT2D eigenvalue weighted by molar-refractivity contribution is 5.98. The van der Waals surface area contributed by atoms with Crippen molar-refractivity contribution in [2.24, 2.45) is 5.92 Å². The van der Waals surface area contributed by atoms with E-state index in [1.165, 1.54) is 12.1 Å². The summed E-state index contributed by atoms with van der Waals surface area (Å²) in [6.45, 7) is 1.85. The molecule has 0 bridgehead atoms. The van der Waals surface area contributed by atoms with E-state index in [4.69, 9.17) is 5.11 Å². The lowest BCUT2D eigenvalue weighted by Crippen LogP contribution is -2.29. The summed E-state index contributed by atoms with van der Waals surface area (Å²) in [4.78, 5) is 25.3. The quantitative estimate of drug-likeness (QED) is 0.751. The van der Waals surface area contributed by atoms with E-state index >= 15 is 0 Å². The summed E-state index contributed by atoms with van der Waals surface area (Å²) < 4.78 is 40.4. The van der Waals surface area contributed by atoms with E-state index in [9.17, 15) is 22.8 Å². The molecule has 2 aromatic rings. The van der Waals surface area contributed by atoms with Gasteiger partial charge in [-0.3, -0.25) is 9.59 Å². The van der Waals surface area contributed by atoms with E-state index in [1.54, 1.807) is 6.92 Å². The number of rotatable bonds is 6. The van der Waals surface area contributed by atoms with Crippen molar-refractivity contribution in [2.75, 3.05) is 6.54 Å². The van der Waals surface area contributed by atoms with Crippen LogP contribution in [-0.2, 0) is 4.79 Å². The molecule has 0 aliphatic carbocycles. The molecule has 6 nitrogen and oxygen atoms in total. The van der Waals surface area contributed by atoms with Crippen LogP contribution >= 0.6 is 0 Å². The van der Waals surface area contributed by atoms with Crippen molar-refractivity contribution in [1.29, 1.82) is 0 Å². The average Bonchev–Trinajstić information content (AvgIpc) is 2.85. The second-order valence-electron chi connectivity index (χ2n) is 5.39. The number of carboxylic acids is 1. The highest BCUT2D eigenvalue weighted by Crippen LogP contribution is 2.26. The summed E-state index contributed by atoms with van der Waals surface area (Å²) >= 11 is 0. The van der Waals surface area contributed by atoms with Gasteiger partial charge >= 0.3 is 12.3 Å². The first kappa shape index (κ1) is 17.6. The molecule has 1 unspecified atom stereocenters. The van der Waals surface area contributed by atoms with Gasteiger partial charge in [-0.05, 0) is 24.1 Å². The van der Waals surface area contributed by atoms with Gasteiger partial charge < -0.3 is 20.1 Å². The van der Waals surface area contributed by atoms with E-state index in [-0.39, 0.29) is 30.3 Å². The van der Waals surface area contributed by atoms with Gasteiger partial charge in [0.25, 0.3) is 5.91 Å². The van der Waals surface area contributed by atoms with E-state index < -0.39 is 18.2 Å². The summed E-state index contributed by atoms with van der Waals surface area (Å²) in [6.07, 6.45) is -4.87.